The van der Waals surface area contributed by atoms with E-state index in [1.54, 1.807) is 11.3 Å². The third-order valence-corrected chi connectivity index (χ3v) is 4.90. The lowest BCUT2D eigenvalue weighted by atomic mass is 10.0. The van der Waals surface area contributed by atoms with E-state index in [0.717, 1.165) is 4.47 Å². The van der Waals surface area contributed by atoms with Crippen molar-refractivity contribution in [1.82, 2.24) is 5.32 Å². The molecule has 4 heteroatoms. The number of nitrogens with one attached hydrogen (secondary N) is 1. The van der Waals surface area contributed by atoms with E-state index in [4.69, 9.17) is 0 Å². The second-order valence-corrected chi connectivity index (χ2v) is 7.27. The van der Waals surface area contributed by atoms with Crippen LogP contribution in [0.15, 0.2) is 38.6 Å². The Bertz CT molecular complexity index is 522. The zero-order chi connectivity index (χ0) is 12.4. The van der Waals surface area contributed by atoms with Gasteiger partial charge in [0.1, 0.15) is 0 Å². The van der Waals surface area contributed by atoms with Crippen molar-refractivity contribution in [2.75, 3.05) is 7.05 Å². The fourth-order valence-electron chi connectivity index (χ4n) is 1.86. The van der Waals surface area contributed by atoms with E-state index in [-0.39, 0.29) is 6.04 Å². The fraction of sp³-hybridized carbons (Fsp3) is 0.231. The van der Waals surface area contributed by atoms with Crippen molar-refractivity contribution in [2.24, 2.45) is 0 Å². The van der Waals surface area contributed by atoms with Crippen LogP contribution in [-0.4, -0.2) is 7.05 Å². The third kappa shape index (κ3) is 2.99. The molecule has 1 nitrogen and oxygen atoms in total. The molecule has 2 aromatic rings. The van der Waals surface area contributed by atoms with Gasteiger partial charge in [0.15, 0.2) is 0 Å². The molecule has 0 spiro atoms. The summed E-state index contributed by atoms with van der Waals surface area (Å²) in [5.74, 6) is 0. The maximum absolute atomic E-state index is 3.54. The van der Waals surface area contributed by atoms with Crippen molar-refractivity contribution in [3.05, 3.63) is 54.6 Å². The van der Waals surface area contributed by atoms with Crippen molar-refractivity contribution < 1.29 is 0 Å². The molecule has 0 amide bonds. The van der Waals surface area contributed by atoms with E-state index in [2.05, 4.69) is 74.4 Å². The highest BCUT2D eigenvalue weighted by atomic mass is 79.9. The van der Waals surface area contributed by atoms with Gasteiger partial charge in [0.05, 0.1) is 9.83 Å². The normalized spacial score (nSPS) is 12.7. The third-order valence-electron chi connectivity index (χ3n) is 2.72. The Kier molecular flexibility index (Phi) is 4.42. The first-order valence-corrected chi connectivity index (χ1v) is 7.70. The minimum Gasteiger partial charge on any atom is -0.309 e. The molecule has 1 atom stereocenters. The molecule has 0 saturated carbocycles. The Labute approximate surface area is 123 Å². The van der Waals surface area contributed by atoms with Gasteiger partial charge in [0.2, 0.25) is 0 Å². The van der Waals surface area contributed by atoms with Crippen molar-refractivity contribution >= 4 is 43.2 Å². The molecular formula is C13H13Br2NS. The van der Waals surface area contributed by atoms with E-state index >= 15 is 0 Å². The Balaban J connectivity index is 2.45. The monoisotopic (exact) mass is 373 g/mol. The summed E-state index contributed by atoms with van der Waals surface area (Å²) in [4.78, 5) is 1.32. The number of aryl methyl sites for hydroxylation is 1. The molecule has 17 heavy (non-hydrogen) atoms. The summed E-state index contributed by atoms with van der Waals surface area (Å²) in [6, 6.07) is 10.9. The first kappa shape index (κ1) is 13.3. The van der Waals surface area contributed by atoms with Crippen LogP contribution < -0.4 is 5.32 Å². The molecule has 1 aromatic carbocycles. The van der Waals surface area contributed by atoms with Gasteiger partial charge in [-0.05, 0) is 65.3 Å². The van der Waals surface area contributed by atoms with Crippen LogP contribution in [0.4, 0.5) is 0 Å². The highest BCUT2D eigenvalue weighted by Gasteiger charge is 2.16. The number of halogens is 2. The Morgan fingerprint density at radius 3 is 2.53 bits per heavy atom. The molecule has 0 aliphatic carbocycles. The molecule has 90 valence electrons. The van der Waals surface area contributed by atoms with Gasteiger partial charge in [-0.15, -0.1) is 11.3 Å². The summed E-state index contributed by atoms with van der Waals surface area (Å²) < 4.78 is 2.29. The predicted molar refractivity (Wildman–Crippen MR) is 81.8 cm³/mol. The van der Waals surface area contributed by atoms with Crippen molar-refractivity contribution in [3.63, 3.8) is 0 Å². The molecular weight excluding hydrogens is 362 g/mol. The van der Waals surface area contributed by atoms with Gasteiger partial charge < -0.3 is 5.32 Å². The lowest BCUT2D eigenvalue weighted by Crippen LogP contribution is -2.17. The lowest BCUT2D eigenvalue weighted by Gasteiger charge is -2.17. The highest BCUT2D eigenvalue weighted by molar-refractivity contribution is 9.11. The first-order chi connectivity index (χ1) is 8.11. The van der Waals surface area contributed by atoms with E-state index < -0.39 is 0 Å². The summed E-state index contributed by atoms with van der Waals surface area (Å²) in [5.41, 5.74) is 2.62. The molecule has 0 aliphatic rings. The zero-order valence-electron chi connectivity index (χ0n) is 9.63. The van der Waals surface area contributed by atoms with Crippen LogP contribution in [0.25, 0.3) is 0 Å². The smallest absolute Gasteiger partial charge is 0.0702 e. The van der Waals surface area contributed by atoms with Crippen LogP contribution in [0.2, 0.25) is 0 Å². The van der Waals surface area contributed by atoms with Gasteiger partial charge in [-0.3, -0.25) is 0 Å². The topological polar surface area (TPSA) is 12.0 Å². The summed E-state index contributed by atoms with van der Waals surface area (Å²) in [6.45, 7) is 2.15. The average molecular weight is 375 g/mol. The summed E-state index contributed by atoms with van der Waals surface area (Å²) in [5, 5.41) is 3.38. The van der Waals surface area contributed by atoms with Gasteiger partial charge >= 0.3 is 0 Å². The van der Waals surface area contributed by atoms with Gasteiger partial charge in [-0.1, -0.05) is 22.0 Å². The Morgan fingerprint density at radius 1 is 1.18 bits per heavy atom. The zero-order valence-corrected chi connectivity index (χ0v) is 13.6. The second-order valence-electron chi connectivity index (χ2n) is 3.86. The maximum atomic E-state index is 3.54. The van der Waals surface area contributed by atoms with E-state index in [0.29, 0.717) is 0 Å². The fourth-order valence-corrected chi connectivity index (χ4v) is 3.79. The van der Waals surface area contributed by atoms with Crippen LogP contribution in [0.5, 0.6) is 0 Å². The molecule has 0 aliphatic heterocycles. The van der Waals surface area contributed by atoms with Crippen molar-refractivity contribution in [1.29, 1.82) is 0 Å². The van der Waals surface area contributed by atoms with Crippen LogP contribution in [-0.2, 0) is 0 Å². The van der Waals surface area contributed by atoms with Crippen LogP contribution in [0.1, 0.15) is 22.0 Å². The number of rotatable bonds is 3. The van der Waals surface area contributed by atoms with E-state index in [1.807, 2.05) is 7.05 Å². The first-order valence-electron chi connectivity index (χ1n) is 5.30. The molecule has 0 fully saturated rings. The maximum Gasteiger partial charge on any atom is 0.0702 e. The van der Waals surface area contributed by atoms with E-state index in [9.17, 15) is 0 Å². The van der Waals surface area contributed by atoms with Crippen LogP contribution in [0, 0.1) is 6.92 Å². The molecule has 2 rings (SSSR count). The molecule has 1 N–H and O–H groups in total. The minimum atomic E-state index is 0.254. The predicted octanol–water partition coefficient (Wildman–Crippen LogP) is 4.89. The SMILES string of the molecule is CNC(c1ccc(Br)s1)c1cc(Br)ccc1C. The number of hydrogen-bond acceptors (Lipinski definition) is 2. The van der Waals surface area contributed by atoms with Crippen LogP contribution in [0.3, 0.4) is 0 Å². The van der Waals surface area contributed by atoms with Gasteiger partial charge in [-0.2, -0.15) is 0 Å². The molecule has 0 radical (unpaired) electrons. The van der Waals surface area contributed by atoms with E-state index in [1.165, 1.54) is 19.8 Å². The minimum absolute atomic E-state index is 0.254. The molecule has 1 aromatic heterocycles. The van der Waals surface area contributed by atoms with Gasteiger partial charge in [0.25, 0.3) is 0 Å². The summed E-state index contributed by atoms with van der Waals surface area (Å²) in [7, 11) is 2.00. The molecule has 0 saturated heterocycles. The van der Waals surface area contributed by atoms with Gasteiger partial charge in [0, 0.05) is 9.35 Å². The summed E-state index contributed by atoms with van der Waals surface area (Å²) in [6.07, 6.45) is 0. The number of hydrogen-bond donors (Lipinski definition) is 1. The Hall–Kier alpha value is -0.160. The number of thiophene rings is 1. The number of benzene rings is 1. The molecule has 0 bridgehead atoms. The summed E-state index contributed by atoms with van der Waals surface area (Å²) >= 11 is 8.82. The average Bonchev–Trinajstić information content (AvgIpc) is 2.71. The lowest BCUT2D eigenvalue weighted by molar-refractivity contribution is 0.699. The van der Waals surface area contributed by atoms with Crippen molar-refractivity contribution in [3.8, 4) is 0 Å². The largest absolute Gasteiger partial charge is 0.309 e. The molecule has 1 heterocycles. The highest BCUT2D eigenvalue weighted by Crippen LogP contribution is 2.33. The molecule has 1 unspecified atom stereocenters. The quantitative estimate of drug-likeness (QED) is 0.806. The van der Waals surface area contributed by atoms with Gasteiger partial charge in [-0.25, -0.2) is 0 Å². The second kappa shape index (κ2) is 5.65. The standard InChI is InChI=1S/C13H13Br2NS/c1-8-3-4-9(14)7-10(8)13(16-2)11-5-6-12(15)17-11/h3-7,13,16H,1-2H3. The Morgan fingerprint density at radius 2 is 1.94 bits per heavy atom. The van der Waals surface area contributed by atoms with Crippen LogP contribution >= 0.6 is 43.2 Å². The van der Waals surface area contributed by atoms with Crippen molar-refractivity contribution in [2.45, 2.75) is 13.0 Å².